The Morgan fingerprint density at radius 1 is 1.65 bits per heavy atom. The Morgan fingerprint density at radius 3 is 2.88 bits per heavy atom. The summed E-state index contributed by atoms with van der Waals surface area (Å²) in [5.74, 6) is 0. The van der Waals surface area contributed by atoms with Crippen LogP contribution in [0.2, 0.25) is 0 Å². The van der Waals surface area contributed by atoms with Crippen LogP contribution in [0, 0.1) is 0 Å². The molecule has 0 aliphatic carbocycles. The van der Waals surface area contributed by atoms with Crippen molar-refractivity contribution in [2.24, 2.45) is 0 Å². The Hall–Kier alpha value is -0.470. The second-order valence-corrected chi connectivity index (χ2v) is 6.81. The Bertz CT molecular complexity index is 507. The summed E-state index contributed by atoms with van der Waals surface area (Å²) in [7, 11) is -2.57. The third kappa shape index (κ3) is 2.13. The molecule has 5 nitrogen and oxygen atoms in total. The molecule has 0 radical (unpaired) electrons. The fourth-order valence-corrected chi connectivity index (χ4v) is 3.83. The van der Waals surface area contributed by atoms with Gasteiger partial charge in [-0.1, -0.05) is 0 Å². The molecule has 1 fully saturated rings. The van der Waals surface area contributed by atoms with Gasteiger partial charge in [0.15, 0.2) is 0 Å². The fraction of sp³-hybridized carbons (Fsp3) is 0.600. The van der Waals surface area contributed by atoms with Crippen molar-refractivity contribution < 1.29 is 22.4 Å². The summed E-state index contributed by atoms with van der Waals surface area (Å²) in [6.45, 7) is 2.25. The first-order chi connectivity index (χ1) is 7.90. The molecule has 0 amide bonds. The van der Waals surface area contributed by atoms with Gasteiger partial charge in [-0.2, -0.15) is 8.42 Å². The van der Waals surface area contributed by atoms with E-state index in [2.05, 4.69) is 4.18 Å². The monoisotopic (exact) mass is 278 g/mol. The van der Waals surface area contributed by atoms with E-state index < -0.39 is 15.7 Å². The molecular weight excluding hydrogens is 264 g/mol. The van der Waals surface area contributed by atoms with E-state index in [9.17, 15) is 13.5 Å². The van der Waals surface area contributed by atoms with Gasteiger partial charge in [-0.05, 0) is 23.9 Å². The zero-order chi connectivity index (χ0) is 12.7. The highest BCUT2D eigenvalue weighted by Gasteiger charge is 2.42. The second kappa shape index (κ2) is 4.33. The van der Waals surface area contributed by atoms with Gasteiger partial charge in [0, 0.05) is 6.42 Å². The lowest BCUT2D eigenvalue weighted by Gasteiger charge is -2.24. The van der Waals surface area contributed by atoms with E-state index in [1.165, 1.54) is 6.07 Å². The summed E-state index contributed by atoms with van der Waals surface area (Å²) in [5, 5.41) is 12.1. The van der Waals surface area contributed by atoms with Crippen LogP contribution in [0.5, 0.6) is 0 Å². The van der Waals surface area contributed by atoms with E-state index in [-0.39, 0.29) is 10.3 Å². The smallest absolute Gasteiger partial charge is 0.306 e. The van der Waals surface area contributed by atoms with Crippen molar-refractivity contribution in [3.05, 3.63) is 17.0 Å². The molecule has 1 saturated heterocycles. The first kappa shape index (κ1) is 13.0. The highest BCUT2D eigenvalue weighted by Crippen LogP contribution is 2.38. The number of hydrogen-bond donors (Lipinski definition) is 1. The van der Waals surface area contributed by atoms with Gasteiger partial charge in [-0.25, -0.2) is 0 Å². The Kier molecular flexibility index (Phi) is 3.30. The van der Waals surface area contributed by atoms with Crippen molar-refractivity contribution >= 4 is 21.5 Å². The summed E-state index contributed by atoms with van der Waals surface area (Å²) in [5.41, 5.74) is -0.527. The molecule has 2 rings (SSSR count). The Balaban J connectivity index is 2.37. The van der Waals surface area contributed by atoms with E-state index >= 15 is 0 Å². The summed E-state index contributed by atoms with van der Waals surface area (Å²) in [4.78, 5) is 0. The van der Waals surface area contributed by atoms with Crippen LogP contribution in [-0.2, 0) is 24.6 Å². The van der Waals surface area contributed by atoms with Gasteiger partial charge < -0.3 is 9.84 Å². The molecule has 0 spiro atoms. The minimum Gasteiger partial charge on any atom is -0.382 e. The van der Waals surface area contributed by atoms with Crippen LogP contribution in [0.1, 0.15) is 18.9 Å². The summed E-state index contributed by atoms with van der Waals surface area (Å²) in [6, 6.07) is 1.45. The standard InChI is InChI=1S/C10H14O5S2/c1-7-10(11,3-4-15-7)8-5-9(16-6-8)17(12,13)14-2/h5-7,11H,3-4H2,1-2H3. The molecule has 1 aromatic heterocycles. The molecule has 0 bridgehead atoms. The second-order valence-electron chi connectivity index (χ2n) is 3.96. The zero-order valence-electron chi connectivity index (χ0n) is 9.54. The SMILES string of the molecule is COS(=O)(=O)c1cc(C2(O)CCOC2C)cs1. The van der Waals surface area contributed by atoms with Gasteiger partial charge in [0.25, 0.3) is 0 Å². The summed E-state index contributed by atoms with van der Waals surface area (Å²) in [6.07, 6.45) is 0.132. The van der Waals surface area contributed by atoms with Gasteiger partial charge >= 0.3 is 10.1 Å². The van der Waals surface area contributed by atoms with Gasteiger partial charge in [0.2, 0.25) is 0 Å². The minimum atomic E-state index is -3.68. The first-order valence-electron chi connectivity index (χ1n) is 5.14. The Labute approximate surface area is 104 Å². The van der Waals surface area contributed by atoms with E-state index in [1.54, 1.807) is 12.3 Å². The lowest BCUT2D eigenvalue weighted by molar-refractivity contribution is -0.0315. The summed E-state index contributed by atoms with van der Waals surface area (Å²) < 4.78 is 32.8. The van der Waals surface area contributed by atoms with Crippen molar-refractivity contribution in [1.82, 2.24) is 0 Å². The van der Waals surface area contributed by atoms with Crippen LogP contribution < -0.4 is 0 Å². The van der Waals surface area contributed by atoms with Crippen molar-refractivity contribution in [3.8, 4) is 0 Å². The molecule has 0 aromatic carbocycles. The maximum Gasteiger partial charge on any atom is 0.306 e. The molecule has 0 saturated carbocycles. The predicted octanol–water partition coefficient (Wildman–Crippen LogP) is 1.08. The quantitative estimate of drug-likeness (QED) is 0.838. The maximum absolute atomic E-state index is 11.5. The van der Waals surface area contributed by atoms with Crippen molar-refractivity contribution in [2.45, 2.75) is 29.3 Å². The lowest BCUT2D eigenvalue weighted by Crippen LogP contribution is -2.32. The first-order valence-corrected chi connectivity index (χ1v) is 7.42. The van der Waals surface area contributed by atoms with Crippen LogP contribution in [0.25, 0.3) is 0 Å². The number of rotatable bonds is 3. The summed E-state index contributed by atoms with van der Waals surface area (Å²) >= 11 is 1.04. The van der Waals surface area contributed by atoms with Crippen molar-refractivity contribution in [1.29, 1.82) is 0 Å². The zero-order valence-corrected chi connectivity index (χ0v) is 11.2. The van der Waals surface area contributed by atoms with E-state index in [0.717, 1.165) is 18.4 Å². The number of aliphatic hydroxyl groups is 1. The molecule has 2 heterocycles. The third-order valence-corrected chi connectivity index (χ3v) is 5.74. The van der Waals surface area contributed by atoms with Crippen LogP contribution in [0.3, 0.4) is 0 Å². The van der Waals surface area contributed by atoms with Gasteiger partial charge in [0.1, 0.15) is 9.81 Å². The topological polar surface area (TPSA) is 72.8 Å². The van der Waals surface area contributed by atoms with Crippen LogP contribution in [0.15, 0.2) is 15.7 Å². The van der Waals surface area contributed by atoms with Crippen LogP contribution in [0.4, 0.5) is 0 Å². The number of ether oxygens (including phenoxy) is 1. The third-order valence-electron chi connectivity index (χ3n) is 3.06. The number of hydrogen-bond acceptors (Lipinski definition) is 6. The molecule has 7 heteroatoms. The highest BCUT2D eigenvalue weighted by atomic mass is 32.3. The largest absolute Gasteiger partial charge is 0.382 e. The van der Waals surface area contributed by atoms with Gasteiger partial charge in [-0.15, -0.1) is 11.3 Å². The van der Waals surface area contributed by atoms with E-state index in [4.69, 9.17) is 4.74 Å². The molecule has 1 N–H and O–H groups in total. The molecule has 96 valence electrons. The maximum atomic E-state index is 11.5. The molecule has 2 atom stereocenters. The van der Waals surface area contributed by atoms with Gasteiger partial charge in [-0.3, -0.25) is 4.18 Å². The molecular formula is C10H14O5S2. The van der Waals surface area contributed by atoms with Crippen LogP contribution >= 0.6 is 11.3 Å². The minimum absolute atomic E-state index is 0.0996. The highest BCUT2D eigenvalue weighted by molar-refractivity contribution is 7.88. The molecule has 17 heavy (non-hydrogen) atoms. The van der Waals surface area contributed by atoms with Crippen LogP contribution in [-0.4, -0.2) is 33.3 Å². The van der Waals surface area contributed by atoms with E-state index in [1.807, 2.05) is 0 Å². The van der Waals surface area contributed by atoms with E-state index in [0.29, 0.717) is 18.6 Å². The van der Waals surface area contributed by atoms with Gasteiger partial charge in [0.05, 0.1) is 19.8 Å². The van der Waals surface area contributed by atoms with Crippen molar-refractivity contribution in [2.75, 3.05) is 13.7 Å². The molecule has 1 aliphatic heterocycles. The Morgan fingerprint density at radius 2 is 2.35 bits per heavy atom. The predicted molar refractivity (Wildman–Crippen MR) is 62.4 cm³/mol. The fourth-order valence-electron chi connectivity index (χ4n) is 1.87. The average molecular weight is 278 g/mol. The molecule has 1 aliphatic rings. The average Bonchev–Trinajstić information content (AvgIpc) is 2.88. The molecule has 1 aromatic rings. The normalized spacial score (nSPS) is 29.7. The number of thiophene rings is 1. The van der Waals surface area contributed by atoms with Crippen molar-refractivity contribution in [3.63, 3.8) is 0 Å². The lowest BCUT2D eigenvalue weighted by atomic mass is 9.90. The molecule has 2 unspecified atom stereocenters.